The van der Waals surface area contributed by atoms with Gasteiger partial charge in [0.25, 0.3) is 0 Å². The van der Waals surface area contributed by atoms with Crippen LogP contribution in [0, 0.1) is 0 Å². The Kier molecular flexibility index (Phi) is 6.67. The summed E-state index contributed by atoms with van der Waals surface area (Å²) >= 11 is 0. The molecule has 0 rings (SSSR count). The van der Waals surface area contributed by atoms with Crippen LogP contribution in [0.3, 0.4) is 0 Å². The van der Waals surface area contributed by atoms with Gasteiger partial charge in [-0.05, 0) is 25.1 Å². The number of hydrogen-bond donors (Lipinski definition) is 3. The maximum absolute atomic E-state index is 11.0. The van der Waals surface area contributed by atoms with Crippen molar-refractivity contribution in [1.82, 2.24) is 4.90 Å². The van der Waals surface area contributed by atoms with Crippen molar-refractivity contribution >= 4 is 14.4 Å². The molecule has 0 heterocycles. The van der Waals surface area contributed by atoms with E-state index in [1.807, 2.05) is 0 Å². The normalized spacial score (nSPS) is 15.8. The number of carbonyl (C=O) groups is 1. The van der Waals surface area contributed by atoms with Crippen molar-refractivity contribution < 1.29 is 24.5 Å². The summed E-state index contributed by atoms with van der Waals surface area (Å²) < 4.78 is 5.92. The van der Waals surface area contributed by atoms with Gasteiger partial charge in [-0.2, -0.15) is 0 Å². The molecule has 0 aliphatic heterocycles. The lowest BCUT2D eigenvalue weighted by molar-refractivity contribution is -0.0200. The van der Waals surface area contributed by atoms with Crippen molar-refractivity contribution in [3.63, 3.8) is 0 Å². The van der Waals surface area contributed by atoms with Crippen molar-refractivity contribution in [3.05, 3.63) is 0 Å². The maximum Gasteiger partial charge on any atom is 0.407 e. The Hall–Kier alpha value is -0.633. The van der Waals surface area contributed by atoms with E-state index in [0.717, 1.165) is 4.90 Å². The molecule has 3 N–H and O–H groups in total. The number of rotatable bonds is 7. The fraction of sp³-hybridized carbons (Fsp3) is 0.923. The average Bonchev–Trinajstić information content (AvgIpc) is 2.24. The van der Waals surface area contributed by atoms with E-state index in [-0.39, 0.29) is 31.3 Å². The lowest BCUT2D eigenvalue weighted by atomic mass is 10.1. The minimum Gasteiger partial charge on any atom is -0.465 e. The Balaban J connectivity index is 4.63. The van der Waals surface area contributed by atoms with Crippen LogP contribution in [0.25, 0.3) is 0 Å². The smallest absolute Gasteiger partial charge is 0.407 e. The number of aliphatic hydroxyl groups excluding tert-OH is 1. The van der Waals surface area contributed by atoms with E-state index in [1.165, 1.54) is 0 Å². The zero-order chi connectivity index (χ0) is 16.2. The molecule has 0 spiro atoms. The summed E-state index contributed by atoms with van der Waals surface area (Å²) in [6.07, 6.45) is -1.16. The second kappa shape index (κ2) is 6.88. The van der Waals surface area contributed by atoms with Crippen molar-refractivity contribution in [1.29, 1.82) is 0 Å². The van der Waals surface area contributed by atoms with E-state index in [4.69, 9.17) is 14.6 Å². The van der Waals surface area contributed by atoms with Gasteiger partial charge in [-0.1, -0.05) is 20.8 Å². The highest BCUT2D eigenvalue weighted by Gasteiger charge is 2.39. The zero-order valence-corrected chi connectivity index (χ0v) is 14.4. The molecule has 7 heteroatoms. The van der Waals surface area contributed by atoms with E-state index >= 15 is 0 Å². The summed E-state index contributed by atoms with van der Waals surface area (Å²) in [6.45, 7) is 11.7. The largest absolute Gasteiger partial charge is 0.465 e. The summed E-state index contributed by atoms with van der Waals surface area (Å²) in [7, 11) is -1.99. The fourth-order valence-corrected chi connectivity index (χ4v) is 2.48. The van der Waals surface area contributed by atoms with Crippen LogP contribution in [-0.4, -0.2) is 66.5 Å². The molecule has 0 fully saturated rings. The Morgan fingerprint density at radius 1 is 1.25 bits per heavy atom. The van der Waals surface area contributed by atoms with Gasteiger partial charge in [-0.25, -0.2) is 4.79 Å². The van der Waals surface area contributed by atoms with Crippen LogP contribution < -0.4 is 0 Å². The van der Waals surface area contributed by atoms with Gasteiger partial charge in [-0.15, -0.1) is 0 Å². The highest BCUT2D eigenvalue weighted by molar-refractivity contribution is 6.74. The molecule has 20 heavy (non-hydrogen) atoms. The van der Waals surface area contributed by atoms with Crippen molar-refractivity contribution in [3.8, 4) is 0 Å². The van der Waals surface area contributed by atoms with Crippen LogP contribution >= 0.6 is 0 Å². The van der Waals surface area contributed by atoms with Crippen molar-refractivity contribution in [2.24, 2.45) is 0 Å². The first-order valence-corrected chi connectivity index (χ1v) is 9.68. The predicted molar refractivity (Wildman–Crippen MR) is 80.5 cm³/mol. The highest BCUT2D eigenvalue weighted by atomic mass is 28.4. The zero-order valence-electron chi connectivity index (χ0n) is 13.4. The van der Waals surface area contributed by atoms with Crippen LogP contribution in [0.2, 0.25) is 18.1 Å². The first-order chi connectivity index (χ1) is 8.82. The number of nitrogens with zero attached hydrogens (tertiary/aromatic N) is 1. The van der Waals surface area contributed by atoms with E-state index < -0.39 is 20.0 Å². The van der Waals surface area contributed by atoms with E-state index in [2.05, 4.69) is 33.9 Å². The minimum atomic E-state index is -1.99. The average molecular weight is 307 g/mol. The summed E-state index contributed by atoms with van der Waals surface area (Å²) in [4.78, 5) is 12.0. The van der Waals surface area contributed by atoms with Gasteiger partial charge in [0.05, 0.1) is 19.8 Å². The van der Waals surface area contributed by atoms with Gasteiger partial charge in [-0.3, -0.25) is 0 Å². The summed E-state index contributed by atoms with van der Waals surface area (Å²) in [6, 6.07) is 0. The van der Waals surface area contributed by atoms with E-state index in [9.17, 15) is 9.90 Å². The van der Waals surface area contributed by atoms with Gasteiger partial charge >= 0.3 is 6.09 Å². The topological polar surface area (TPSA) is 90.2 Å². The fourth-order valence-electron chi connectivity index (χ4n) is 1.37. The molecule has 0 bridgehead atoms. The van der Waals surface area contributed by atoms with Gasteiger partial charge in [0.2, 0.25) is 0 Å². The second-order valence-corrected chi connectivity index (χ2v) is 11.8. The quantitative estimate of drug-likeness (QED) is 0.623. The van der Waals surface area contributed by atoms with Crippen molar-refractivity contribution in [2.75, 3.05) is 26.3 Å². The van der Waals surface area contributed by atoms with Crippen LogP contribution in [0.4, 0.5) is 4.79 Å². The summed E-state index contributed by atoms with van der Waals surface area (Å²) in [5, 5.41) is 28.2. The molecule has 0 aromatic rings. The van der Waals surface area contributed by atoms with Crippen molar-refractivity contribution in [2.45, 2.75) is 51.4 Å². The second-order valence-electron chi connectivity index (χ2n) is 6.97. The molecule has 6 nitrogen and oxygen atoms in total. The van der Waals surface area contributed by atoms with E-state index in [0.29, 0.717) is 0 Å². The molecular weight excluding hydrogens is 278 g/mol. The SMILES string of the molecule is CC(O)(CO[Si](C)(C)C(C)(C)C)CN(CCO)C(=O)O. The Bertz CT molecular complexity index is 325. The molecule has 0 aromatic heterocycles. The van der Waals surface area contributed by atoms with Gasteiger partial charge in [0.1, 0.15) is 5.60 Å². The van der Waals surface area contributed by atoms with Gasteiger partial charge in [0.15, 0.2) is 8.32 Å². The molecule has 120 valence electrons. The third-order valence-electron chi connectivity index (χ3n) is 3.72. The molecule has 0 saturated carbocycles. The molecule has 0 aliphatic rings. The lowest BCUT2D eigenvalue weighted by Gasteiger charge is -2.39. The molecule has 0 aromatic carbocycles. The standard InChI is InChI=1S/C13H29NO5Si/c1-12(2,3)20(5,6)19-10-13(4,18)9-14(7-8-15)11(16)17/h15,18H,7-10H2,1-6H3,(H,16,17). The van der Waals surface area contributed by atoms with Gasteiger partial charge < -0.3 is 24.6 Å². The van der Waals surface area contributed by atoms with Crippen LogP contribution in [-0.2, 0) is 4.43 Å². The Labute approximate surface area is 122 Å². The molecule has 1 amide bonds. The Morgan fingerprint density at radius 2 is 1.75 bits per heavy atom. The minimum absolute atomic E-state index is 0.0222. The highest BCUT2D eigenvalue weighted by Crippen LogP contribution is 2.36. The molecule has 1 atom stereocenters. The Morgan fingerprint density at radius 3 is 2.10 bits per heavy atom. The molecule has 0 radical (unpaired) electrons. The third kappa shape index (κ3) is 6.21. The summed E-state index contributed by atoms with van der Waals surface area (Å²) in [5.74, 6) is 0. The molecule has 0 aliphatic carbocycles. The molecular formula is C13H29NO5Si. The number of hydrogen-bond acceptors (Lipinski definition) is 4. The third-order valence-corrected chi connectivity index (χ3v) is 8.20. The predicted octanol–water partition coefficient (Wildman–Crippen LogP) is 1.73. The molecule has 1 unspecified atom stereocenters. The maximum atomic E-state index is 11.0. The number of amides is 1. The molecule has 0 saturated heterocycles. The monoisotopic (exact) mass is 307 g/mol. The number of aliphatic hydroxyl groups is 2. The van der Waals surface area contributed by atoms with Crippen LogP contribution in [0.1, 0.15) is 27.7 Å². The van der Waals surface area contributed by atoms with E-state index in [1.54, 1.807) is 6.92 Å². The van der Waals surface area contributed by atoms with Crippen LogP contribution in [0.15, 0.2) is 0 Å². The number of carboxylic acid groups (broad SMARTS) is 1. The first-order valence-electron chi connectivity index (χ1n) is 6.77. The van der Waals surface area contributed by atoms with Crippen LogP contribution in [0.5, 0.6) is 0 Å². The van der Waals surface area contributed by atoms with Gasteiger partial charge in [0, 0.05) is 6.54 Å². The lowest BCUT2D eigenvalue weighted by Crippen LogP contribution is -2.51. The first kappa shape index (κ1) is 19.4. The summed E-state index contributed by atoms with van der Waals surface area (Å²) in [5.41, 5.74) is -1.27.